The standard InChI is InChI=1S/C13H12F3N3S2/c14-13(15,16)21-6-5-18-12-9(11(17)20)7-8-3-1-2-4-10(8)19-12/h1-4,7H,5-6H2,(H2,17,20)(H,18,19). The number of hydrogen-bond donors (Lipinski definition) is 2. The van der Waals surface area contributed by atoms with E-state index in [4.69, 9.17) is 18.0 Å². The van der Waals surface area contributed by atoms with E-state index in [0.29, 0.717) is 11.4 Å². The molecule has 1 heterocycles. The summed E-state index contributed by atoms with van der Waals surface area (Å²) in [6, 6.07) is 9.16. The predicted octanol–water partition coefficient (Wildman–Crippen LogP) is 3.53. The number of thioether (sulfide) groups is 1. The Morgan fingerprint density at radius 2 is 2.05 bits per heavy atom. The number of hydrogen-bond acceptors (Lipinski definition) is 4. The third kappa shape index (κ3) is 4.47. The molecular weight excluding hydrogens is 319 g/mol. The average Bonchev–Trinajstić information content (AvgIpc) is 2.41. The smallest absolute Gasteiger partial charge is 0.389 e. The minimum absolute atomic E-state index is 0.0837. The molecule has 2 aromatic rings. The molecule has 0 aliphatic rings. The fourth-order valence-electron chi connectivity index (χ4n) is 1.77. The number of aromatic nitrogens is 1. The van der Waals surface area contributed by atoms with Crippen molar-refractivity contribution >= 4 is 45.7 Å². The number of pyridine rings is 1. The van der Waals surface area contributed by atoms with Crippen LogP contribution in [0.25, 0.3) is 10.9 Å². The number of thiocarbonyl (C=S) groups is 1. The number of fused-ring (bicyclic) bond motifs is 1. The van der Waals surface area contributed by atoms with Crippen LogP contribution in [0.4, 0.5) is 19.0 Å². The molecule has 1 aromatic carbocycles. The van der Waals surface area contributed by atoms with Gasteiger partial charge in [0.15, 0.2) is 0 Å². The van der Waals surface area contributed by atoms with Crippen LogP contribution in [0.1, 0.15) is 5.56 Å². The van der Waals surface area contributed by atoms with E-state index >= 15 is 0 Å². The van der Waals surface area contributed by atoms with Crippen molar-refractivity contribution in [1.29, 1.82) is 0 Å². The van der Waals surface area contributed by atoms with Crippen molar-refractivity contribution in [3.8, 4) is 0 Å². The van der Waals surface area contributed by atoms with Crippen LogP contribution in [0.5, 0.6) is 0 Å². The second kappa shape index (κ2) is 6.48. The first kappa shape index (κ1) is 15.8. The molecule has 0 amide bonds. The minimum atomic E-state index is -4.23. The fraction of sp³-hybridized carbons (Fsp3) is 0.231. The molecule has 2 rings (SSSR count). The Bertz CT molecular complexity index is 659. The number of para-hydroxylation sites is 1. The highest BCUT2D eigenvalue weighted by Gasteiger charge is 2.27. The van der Waals surface area contributed by atoms with Gasteiger partial charge in [0.05, 0.1) is 11.1 Å². The van der Waals surface area contributed by atoms with Gasteiger partial charge in [0, 0.05) is 17.7 Å². The Balaban J connectivity index is 2.17. The van der Waals surface area contributed by atoms with Gasteiger partial charge in [0.2, 0.25) is 0 Å². The number of nitrogens with one attached hydrogen (secondary N) is 1. The van der Waals surface area contributed by atoms with E-state index in [2.05, 4.69) is 10.3 Å². The monoisotopic (exact) mass is 331 g/mol. The third-order valence-corrected chi connectivity index (χ3v) is 3.61. The van der Waals surface area contributed by atoms with Crippen molar-refractivity contribution < 1.29 is 13.2 Å². The van der Waals surface area contributed by atoms with E-state index in [0.717, 1.165) is 10.9 Å². The van der Waals surface area contributed by atoms with E-state index in [9.17, 15) is 13.2 Å². The largest absolute Gasteiger partial charge is 0.441 e. The Morgan fingerprint density at radius 1 is 1.33 bits per heavy atom. The maximum Gasteiger partial charge on any atom is 0.441 e. The third-order valence-electron chi connectivity index (χ3n) is 2.65. The number of benzene rings is 1. The maximum atomic E-state index is 12.1. The molecule has 0 atom stereocenters. The van der Waals surface area contributed by atoms with Crippen LogP contribution in [-0.2, 0) is 0 Å². The predicted molar refractivity (Wildman–Crippen MR) is 84.6 cm³/mol. The summed E-state index contributed by atoms with van der Waals surface area (Å²) in [5.74, 6) is 0.290. The summed E-state index contributed by atoms with van der Waals surface area (Å²) < 4.78 is 36.2. The van der Waals surface area contributed by atoms with Crippen molar-refractivity contribution in [1.82, 2.24) is 4.98 Å². The molecule has 0 aliphatic carbocycles. The van der Waals surface area contributed by atoms with Crippen LogP contribution in [0.15, 0.2) is 30.3 Å². The van der Waals surface area contributed by atoms with E-state index in [1.165, 1.54) is 0 Å². The first-order valence-electron chi connectivity index (χ1n) is 6.01. The fourth-order valence-corrected chi connectivity index (χ4v) is 2.37. The molecule has 0 aliphatic heterocycles. The lowest BCUT2D eigenvalue weighted by atomic mass is 10.1. The summed E-state index contributed by atoms with van der Waals surface area (Å²) >= 11 is 4.88. The van der Waals surface area contributed by atoms with E-state index in [1.54, 1.807) is 6.07 Å². The molecule has 1 aromatic heterocycles. The normalized spacial score (nSPS) is 11.6. The lowest BCUT2D eigenvalue weighted by Crippen LogP contribution is -2.16. The number of anilines is 1. The number of halogens is 3. The van der Waals surface area contributed by atoms with Gasteiger partial charge in [-0.25, -0.2) is 4.98 Å². The van der Waals surface area contributed by atoms with Crippen molar-refractivity contribution in [2.75, 3.05) is 17.6 Å². The lowest BCUT2D eigenvalue weighted by molar-refractivity contribution is -0.0327. The lowest BCUT2D eigenvalue weighted by Gasteiger charge is -2.12. The van der Waals surface area contributed by atoms with Crippen molar-refractivity contribution in [2.24, 2.45) is 5.73 Å². The number of nitrogens with two attached hydrogens (primary N) is 1. The second-order valence-corrected chi connectivity index (χ2v) is 5.76. The van der Waals surface area contributed by atoms with Crippen LogP contribution in [0, 0.1) is 0 Å². The molecule has 0 radical (unpaired) electrons. The van der Waals surface area contributed by atoms with Gasteiger partial charge in [-0.3, -0.25) is 0 Å². The van der Waals surface area contributed by atoms with E-state index in [1.807, 2.05) is 24.3 Å². The van der Waals surface area contributed by atoms with Gasteiger partial charge >= 0.3 is 5.51 Å². The van der Waals surface area contributed by atoms with E-state index in [-0.39, 0.29) is 29.0 Å². The maximum absolute atomic E-state index is 12.1. The zero-order valence-electron chi connectivity index (χ0n) is 10.8. The van der Waals surface area contributed by atoms with Crippen LogP contribution >= 0.6 is 24.0 Å². The highest BCUT2D eigenvalue weighted by molar-refractivity contribution is 8.00. The summed E-state index contributed by atoms with van der Waals surface area (Å²) in [6.07, 6.45) is 0. The molecule has 8 heteroatoms. The highest BCUT2D eigenvalue weighted by Crippen LogP contribution is 2.29. The zero-order valence-corrected chi connectivity index (χ0v) is 12.4. The molecule has 0 saturated heterocycles. The zero-order chi connectivity index (χ0) is 15.5. The van der Waals surface area contributed by atoms with Gasteiger partial charge < -0.3 is 11.1 Å². The van der Waals surface area contributed by atoms with Gasteiger partial charge in [0.1, 0.15) is 10.8 Å². The molecule has 0 bridgehead atoms. The average molecular weight is 331 g/mol. The van der Waals surface area contributed by atoms with Gasteiger partial charge in [-0.05, 0) is 23.9 Å². The Labute approximate surface area is 129 Å². The van der Waals surface area contributed by atoms with Gasteiger partial charge in [-0.1, -0.05) is 30.4 Å². The summed E-state index contributed by atoms with van der Waals surface area (Å²) in [5, 5.41) is 3.73. The van der Waals surface area contributed by atoms with Gasteiger partial charge in [-0.15, -0.1) is 0 Å². The number of rotatable bonds is 5. The summed E-state index contributed by atoms with van der Waals surface area (Å²) in [7, 11) is 0. The van der Waals surface area contributed by atoms with Crippen LogP contribution in [0.2, 0.25) is 0 Å². The summed E-state index contributed by atoms with van der Waals surface area (Å²) in [6.45, 7) is 0.116. The summed E-state index contributed by atoms with van der Waals surface area (Å²) in [4.78, 5) is 4.51. The molecule has 0 unspecified atom stereocenters. The number of alkyl halides is 3. The molecule has 21 heavy (non-hydrogen) atoms. The van der Waals surface area contributed by atoms with Crippen molar-refractivity contribution in [3.63, 3.8) is 0 Å². The number of nitrogens with zero attached hydrogens (tertiary/aromatic N) is 1. The molecule has 3 N–H and O–H groups in total. The Hall–Kier alpha value is -1.54. The molecule has 0 saturated carbocycles. The topological polar surface area (TPSA) is 50.9 Å². The molecule has 3 nitrogen and oxygen atoms in total. The first-order valence-corrected chi connectivity index (χ1v) is 7.40. The second-order valence-electron chi connectivity index (χ2n) is 4.16. The molecular formula is C13H12F3N3S2. The van der Waals surface area contributed by atoms with Crippen molar-refractivity contribution in [2.45, 2.75) is 5.51 Å². The Kier molecular flexibility index (Phi) is 4.89. The quantitative estimate of drug-likeness (QED) is 0.648. The van der Waals surface area contributed by atoms with Crippen LogP contribution in [0.3, 0.4) is 0 Å². The molecule has 112 valence electrons. The minimum Gasteiger partial charge on any atom is -0.389 e. The molecule has 0 fully saturated rings. The van der Waals surface area contributed by atoms with Gasteiger partial charge in [0.25, 0.3) is 0 Å². The summed E-state index contributed by atoms with van der Waals surface area (Å²) in [5.41, 5.74) is 2.67. The van der Waals surface area contributed by atoms with Crippen LogP contribution < -0.4 is 11.1 Å². The van der Waals surface area contributed by atoms with Crippen LogP contribution in [-0.4, -0.2) is 27.8 Å². The highest BCUT2D eigenvalue weighted by atomic mass is 32.2. The van der Waals surface area contributed by atoms with E-state index < -0.39 is 5.51 Å². The van der Waals surface area contributed by atoms with Crippen molar-refractivity contribution in [3.05, 3.63) is 35.9 Å². The Morgan fingerprint density at radius 3 is 2.71 bits per heavy atom. The molecule has 0 spiro atoms. The SMILES string of the molecule is NC(=S)c1cc2ccccc2nc1NCCSC(F)(F)F. The van der Waals surface area contributed by atoms with Gasteiger partial charge in [-0.2, -0.15) is 13.2 Å². The first-order chi connectivity index (χ1) is 9.87.